The molecule has 0 aliphatic heterocycles. The number of nitrogens with zero attached hydrogens (tertiary/aromatic N) is 1. The molecule has 19 heavy (non-hydrogen) atoms. The second kappa shape index (κ2) is 7.25. The largest absolute Gasteiger partial charge is 0.341 e. The summed E-state index contributed by atoms with van der Waals surface area (Å²) in [5, 5.41) is 0. The Balaban J connectivity index is 2.49. The van der Waals surface area contributed by atoms with Crippen LogP contribution in [0.3, 0.4) is 0 Å². The summed E-state index contributed by atoms with van der Waals surface area (Å²) < 4.78 is 0.135. The lowest BCUT2D eigenvalue weighted by atomic mass is 10.2. The second-order valence-electron chi connectivity index (χ2n) is 5.50. The van der Waals surface area contributed by atoms with E-state index in [1.807, 2.05) is 7.05 Å². The van der Waals surface area contributed by atoms with E-state index in [1.165, 1.54) is 10.5 Å². The maximum atomic E-state index is 12.0. The molecule has 0 saturated heterocycles. The van der Waals surface area contributed by atoms with E-state index in [2.05, 4.69) is 51.3 Å². The summed E-state index contributed by atoms with van der Waals surface area (Å²) in [5.41, 5.74) is 1.18. The highest BCUT2D eigenvalue weighted by Gasteiger charge is 2.16. The molecule has 0 bridgehead atoms. The molecule has 0 aliphatic carbocycles. The Labute approximate surface area is 125 Å². The van der Waals surface area contributed by atoms with Gasteiger partial charge in [0.2, 0.25) is 5.91 Å². The average Bonchev–Trinajstić information content (AvgIpc) is 2.36. The van der Waals surface area contributed by atoms with Gasteiger partial charge in [-0.2, -0.15) is 0 Å². The van der Waals surface area contributed by atoms with E-state index >= 15 is 0 Å². The average molecular weight is 297 g/mol. The summed E-state index contributed by atoms with van der Waals surface area (Å²) in [7, 11) is 1.87. The predicted octanol–water partition coefficient (Wildman–Crippen LogP) is 3.90. The third-order valence-corrected chi connectivity index (χ3v) is 4.63. The van der Waals surface area contributed by atoms with Crippen molar-refractivity contribution in [2.24, 2.45) is 0 Å². The fourth-order valence-electron chi connectivity index (χ4n) is 1.48. The molecule has 0 atom stereocenters. The Kier molecular flexibility index (Phi) is 6.27. The van der Waals surface area contributed by atoms with Crippen molar-refractivity contribution in [2.45, 2.75) is 37.0 Å². The lowest BCUT2D eigenvalue weighted by Gasteiger charge is -2.21. The topological polar surface area (TPSA) is 20.3 Å². The van der Waals surface area contributed by atoms with Crippen LogP contribution in [0.1, 0.15) is 26.3 Å². The fraction of sp³-hybridized carbons (Fsp3) is 0.533. The van der Waals surface area contributed by atoms with Crippen LogP contribution in [0.25, 0.3) is 0 Å². The summed E-state index contributed by atoms with van der Waals surface area (Å²) in [4.78, 5) is 15.1. The Morgan fingerprint density at radius 1 is 1.21 bits per heavy atom. The highest BCUT2D eigenvalue weighted by molar-refractivity contribution is 8.01. The third-order valence-electron chi connectivity index (χ3n) is 2.63. The normalized spacial score (nSPS) is 11.4. The minimum absolute atomic E-state index is 0.135. The van der Waals surface area contributed by atoms with Crippen LogP contribution in [-0.2, 0) is 11.3 Å². The molecule has 0 aliphatic rings. The Morgan fingerprint density at radius 2 is 1.79 bits per heavy atom. The Bertz CT molecular complexity index is 409. The summed E-state index contributed by atoms with van der Waals surface area (Å²) in [6, 6.07) is 8.38. The van der Waals surface area contributed by atoms with Crippen LogP contribution in [0.2, 0.25) is 0 Å². The molecule has 1 aromatic rings. The zero-order valence-electron chi connectivity index (χ0n) is 12.4. The van der Waals surface area contributed by atoms with Gasteiger partial charge in [-0.3, -0.25) is 4.79 Å². The molecule has 2 nitrogen and oxygen atoms in total. The quantitative estimate of drug-likeness (QED) is 0.769. The lowest BCUT2D eigenvalue weighted by Crippen LogP contribution is -2.29. The fourth-order valence-corrected chi connectivity index (χ4v) is 2.67. The summed E-state index contributed by atoms with van der Waals surface area (Å²) in [6.45, 7) is 7.07. The number of hydrogen-bond acceptors (Lipinski definition) is 3. The lowest BCUT2D eigenvalue weighted by molar-refractivity contribution is -0.127. The number of amides is 1. The number of hydrogen-bond donors (Lipinski definition) is 0. The molecule has 0 heterocycles. The smallest absolute Gasteiger partial charge is 0.232 e. The summed E-state index contributed by atoms with van der Waals surface area (Å²) in [6.07, 6.45) is 2.06. The van der Waals surface area contributed by atoms with Crippen molar-refractivity contribution >= 4 is 29.4 Å². The van der Waals surface area contributed by atoms with Gasteiger partial charge >= 0.3 is 0 Å². The molecule has 4 heteroatoms. The molecule has 1 aromatic carbocycles. The van der Waals surface area contributed by atoms with Crippen LogP contribution >= 0.6 is 23.5 Å². The van der Waals surface area contributed by atoms with Crippen molar-refractivity contribution in [3.05, 3.63) is 29.8 Å². The molecule has 0 radical (unpaired) electrons. The first kappa shape index (κ1) is 16.4. The van der Waals surface area contributed by atoms with E-state index < -0.39 is 0 Å². The van der Waals surface area contributed by atoms with Crippen molar-refractivity contribution in [3.8, 4) is 0 Å². The van der Waals surface area contributed by atoms with Gasteiger partial charge in [0.15, 0.2) is 0 Å². The van der Waals surface area contributed by atoms with Gasteiger partial charge in [0.1, 0.15) is 0 Å². The first-order chi connectivity index (χ1) is 8.81. The van der Waals surface area contributed by atoms with Gasteiger partial charge in [-0.1, -0.05) is 32.9 Å². The Hall–Kier alpha value is -0.610. The molecule has 1 amide bonds. The van der Waals surface area contributed by atoms with Crippen LogP contribution in [-0.4, -0.2) is 34.6 Å². The van der Waals surface area contributed by atoms with Gasteiger partial charge in [0.25, 0.3) is 0 Å². The predicted molar refractivity (Wildman–Crippen MR) is 86.9 cm³/mol. The number of rotatable bonds is 5. The zero-order valence-corrected chi connectivity index (χ0v) is 14.0. The van der Waals surface area contributed by atoms with E-state index in [9.17, 15) is 4.79 Å². The van der Waals surface area contributed by atoms with Crippen molar-refractivity contribution in [3.63, 3.8) is 0 Å². The van der Waals surface area contributed by atoms with Gasteiger partial charge in [0.05, 0.1) is 5.75 Å². The van der Waals surface area contributed by atoms with E-state index in [1.54, 1.807) is 28.4 Å². The number of benzene rings is 1. The third kappa shape index (κ3) is 6.39. The van der Waals surface area contributed by atoms with Crippen LogP contribution in [0.5, 0.6) is 0 Å². The van der Waals surface area contributed by atoms with Crippen molar-refractivity contribution in [1.82, 2.24) is 4.90 Å². The minimum atomic E-state index is 0.135. The van der Waals surface area contributed by atoms with Gasteiger partial charge in [-0.05, 0) is 24.0 Å². The summed E-state index contributed by atoms with van der Waals surface area (Å²) >= 11 is 3.42. The highest BCUT2D eigenvalue weighted by Crippen LogP contribution is 2.23. The molecule has 0 saturated carbocycles. The summed E-state index contributed by atoms with van der Waals surface area (Å²) in [5.74, 6) is 0.733. The standard InChI is InChI=1S/C15H23NOS2/c1-15(2,3)19-11-14(17)16(4)10-12-6-8-13(18-5)9-7-12/h6-9H,10-11H2,1-5H3. The highest BCUT2D eigenvalue weighted by atomic mass is 32.2. The molecule has 0 unspecified atom stereocenters. The Morgan fingerprint density at radius 3 is 2.26 bits per heavy atom. The van der Waals surface area contributed by atoms with E-state index in [-0.39, 0.29) is 10.7 Å². The minimum Gasteiger partial charge on any atom is -0.341 e. The van der Waals surface area contributed by atoms with E-state index in [0.717, 1.165) is 0 Å². The second-order valence-corrected chi connectivity index (χ2v) is 8.18. The first-order valence-electron chi connectivity index (χ1n) is 6.32. The van der Waals surface area contributed by atoms with Gasteiger partial charge < -0.3 is 4.90 Å². The number of carbonyl (C=O) groups excluding carboxylic acids is 1. The molecule has 106 valence electrons. The number of carbonyl (C=O) groups is 1. The molecule has 0 spiro atoms. The van der Waals surface area contributed by atoms with Crippen LogP contribution in [0.15, 0.2) is 29.2 Å². The van der Waals surface area contributed by atoms with E-state index in [4.69, 9.17) is 0 Å². The number of thioether (sulfide) groups is 2. The molecular formula is C15H23NOS2. The SMILES string of the molecule is CSc1ccc(CN(C)C(=O)CSC(C)(C)C)cc1. The van der Waals surface area contributed by atoms with Crippen molar-refractivity contribution in [1.29, 1.82) is 0 Å². The van der Waals surface area contributed by atoms with Gasteiger partial charge in [0, 0.05) is 23.2 Å². The molecule has 0 aromatic heterocycles. The van der Waals surface area contributed by atoms with E-state index in [0.29, 0.717) is 12.3 Å². The zero-order chi connectivity index (χ0) is 14.5. The van der Waals surface area contributed by atoms with Crippen molar-refractivity contribution in [2.75, 3.05) is 19.1 Å². The molecule has 0 N–H and O–H groups in total. The maximum Gasteiger partial charge on any atom is 0.232 e. The first-order valence-corrected chi connectivity index (χ1v) is 8.54. The molecular weight excluding hydrogens is 274 g/mol. The van der Waals surface area contributed by atoms with Crippen LogP contribution < -0.4 is 0 Å². The van der Waals surface area contributed by atoms with Gasteiger partial charge in [-0.25, -0.2) is 0 Å². The van der Waals surface area contributed by atoms with Gasteiger partial charge in [-0.15, -0.1) is 23.5 Å². The van der Waals surface area contributed by atoms with Crippen LogP contribution in [0, 0.1) is 0 Å². The molecule has 0 fully saturated rings. The molecule has 1 rings (SSSR count). The van der Waals surface area contributed by atoms with Crippen molar-refractivity contribution < 1.29 is 4.79 Å². The monoisotopic (exact) mass is 297 g/mol. The van der Waals surface area contributed by atoms with Crippen LogP contribution in [0.4, 0.5) is 0 Å². The maximum absolute atomic E-state index is 12.0.